The lowest BCUT2D eigenvalue weighted by atomic mass is 9.96. The molecule has 42 heavy (non-hydrogen) atoms. The molecule has 0 unspecified atom stereocenters. The van der Waals surface area contributed by atoms with Crippen LogP contribution in [0, 0.1) is 6.92 Å². The number of fused-ring (bicyclic) bond motifs is 1. The number of aromatic amines is 1. The SMILES string of the molecule is C=CC(=O)Nc1cc(-c2c(-c3ccc(N4CCN(C)CC4)cc3)[nH]c3ncc(-c4cnn(C(C)C)c4)cc23)ccc1C. The predicted molar refractivity (Wildman–Crippen MR) is 172 cm³/mol. The maximum atomic E-state index is 12.2. The van der Waals surface area contributed by atoms with E-state index in [1.165, 1.54) is 11.8 Å². The van der Waals surface area contributed by atoms with Gasteiger partial charge in [0.05, 0.1) is 11.9 Å². The summed E-state index contributed by atoms with van der Waals surface area (Å²) >= 11 is 0. The molecule has 214 valence electrons. The average molecular weight is 560 g/mol. The predicted octanol–water partition coefficient (Wildman–Crippen LogP) is 6.53. The summed E-state index contributed by atoms with van der Waals surface area (Å²) in [4.78, 5) is 25.5. The third-order valence-electron chi connectivity index (χ3n) is 8.11. The largest absolute Gasteiger partial charge is 0.369 e. The van der Waals surface area contributed by atoms with E-state index in [0.717, 1.165) is 82.0 Å². The van der Waals surface area contributed by atoms with Gasteiger partial charge in [0, 0.05) is 78.1 Å². The monoisotopic (exact) mass is 559 g/mol. The molecule has 1 aliphatic rings. The number of pyridine rings is 1. The lowest BCUT2D eigenvalue weighted by Crippen LogP contribution is -2.44. The zero-order valence-electron chi connectivity index (χ0n) is 24.7. The van der Waals surface area contributed by atoms with Crippen LogP contribution in [0.25, 0.3) is 44.5 Å². The van der Waals surface area contributed by atoms with Gasteiger partial charge in [-0.15, -0.1) is 0 Å². The van der Waals surface area contributed by atoms with E-state index in [0.29, 0.717) is 0 Å². The number of aromatic nitrogens is 4. The molecule has 4 heterocycles. The summed E-state index contributed by atoms with van der Waals surface area (Å²) < 4.78 is 1.96. The maximum absolute atomic E-state index is 12.2. The fourth-order valence-electron chi connectivity index (χ4n) is 5.51. The van der Waals surface area contributed by atoms with Crippen molar-refractivity contribution in [3.63, 3.8) is 0 Å². The Kier molecular flexibility index (Phi) is 7.39. The summed E-state index contributed by atoms with van der Waals surface area (Å²) in [5.41, 5.74) is 9.88. The second-order valence-corrected chi connectivity index (χ2v) is 11.4. The van der Waals surface area contributed by atoms with Crippen LogP contribution in [0.1, 0.15) is 25.5 Å². The molecule has 0 saturated carbocycles. The molecule has 1 saturated heterocycles. The first-order valence-electron chi connectivity index (χ1n) is 14.5. The topological polar surface area (TPSA) is 82.1 Å². The van der Waals surface area contributed by atoms with E-state index in [-0.39, 0.29) is 11.9 Å². The molecule has 0 spiro atoms. The first-order valence-corrected chi connectivity index (χ1v) is 14.5. The van der Waals surface area contributed by atoms with Crippen molar-refractivity contribution >= 4 is 28.3 Å². The number of aryl methyl sites for hydroxylation is 1. The Bertz CT molecular complexity index is 1750. The van der Waals surface area contributed by atoms with Gasteiger partial charge in [0.2, 0.25) is 5.91 Å². The van der Waals surface area contributed by atoms with Crippen molar-refractivity contribution in [1.29, 1.82) is 0 Å². The third kappa shape index (κ3) is 5.33. The highest BCUT2D eigenvalue weighted by atomic mass is 16.1. The molecule has 2 N–H and O–H groups in total. The van der Waals surface area contributed by atoms with Crippen LogP contribution in [0.4, 0.5) is 11.4 Å². The van der Waals surface area contributed by atoms with Crippen molar-refractivity contribution in [2.45, 2.75) is 26.8 Å². The van der Waals surface area contributed by atoms with Gasteiger partial charge in [-0.2, -0.15) is 5.10 Å². The van der Waals surface area contributed by atoms with Crippen LogP contribution in [0.5, 0.6) is 0 Å². The number of amides is 1. The second-order valence-electron chi connectivity index (χ2n) is 11.4. The molecule has 1 aliphatic heterocycles. The van der Waals surface area contributed by atoms with Gasteiger partial charge < -0.3 is 20.1 Å². The van der Waals surface area contributed by atoms with Gasteiger partial charge >= 0.3 is 0 Å². The lowest BCUT2D eigenvalue weighted by molar-refractivity contribution is -0.111. The zero-order valence-corrected chi connectivity index (χ0v) is 24.7. The number of nitrogens with one attached hydrogen (secondary N) is 2. The zero-order chi connectivity index (χ0) is 29.4. The molecule has 8 nitrogen and oxygen atoms in total. The van der Waals surface area contributed by atoms with Crippen LogP contribution in [-0.4, -0.2) is 63.8 Å². The summed E-state index contributed by atoms with van der Waals surface area (Å²) in [6.07, 6.45) is 7.14. The summed E-state index contributed by atoms with van der Waals surface area (Å²) in [7, 11) is 2.17. The fourth-order valence-corrected chi connectivity index (χ4v) is 5.51. The van der Waals surface area contributed by atoms with Gasteiger partial charge in [0.25, 0.3) is 0 Å². The molecule has 1 fully saturated rings. The Labute approximate surface area is 246 Å². The Morgan fingerprint density at radius 2 is 1.71 bits per heavy atom. The number of carbonyl (C=O) groups excluding carboxylic acids is 1. The number of anilines is 2. The third-order valence-corrected chi connectivity index (χ3v) is 8.11. The van der Waals surface area contributed by atoms with Crippen molar-refractivity contribution in [1.82, 2.24) is 24.6 Å². The average Bonchev–Trinajstić information content (AvgIpc) is 3.64. The first kappa shape index (κ1) is 27.5. The number of H-pyrrole nitrogens is 1. The number of likely N-dealkylation sites (N-methyl/N-ethyl adjacent to an activating group) is 1. The van der Waals surface area contributed by atoms with Crippen LogP contribution in [0.3, 0.4) is 0 Å². The maximum Gasteiger partial charge on any atom is 0.247 e. The molecule has 8 heteroatoms. The van der Waals surface area contributed by atoms with E-state index >= 15 is 0 Å². The van der Waals surface area contributed by atoms with Gasteiger partial charge in [-0.3, -0.25) is 9.48 Å². The number of rotatable bonds is 7. The van der Waals surface area contributed by atoms with Gasteiger partial charge in [-0.25, -0.2) is 4.98 Å². The fraction of sp³-hybridized carbons (Fsp3) is 0.265. The van der Waals surface area contributed by atoms with Crippen molar-refractivity contribution in [3.05, 3.63) is 85.3 Å². The summed E-state index contributed by atoms with van der Waals surface area (Å²) in [5.74, 6) is -0.236. The van der Waals surface area contributed by atoms with E-state index in [2.05, 4.69) is 95.3 Å². The number of hydrogen-bond donors (Lipinski definition) is 2. The first-order chi connectivity index (χ1) is 20.3. The van der Waals surface area contributed by atoms with Crippen LogP contribution in [-0.2, 0) is 4.79 Å². The number of piperazine rings is 1. The minimum Gasteiger partial charge on any atom is -0.369 e. The molecule has 6 rings (SSSR count). The quantitative estimate of drug-likeness (QED) is 0.222. The molecule has 1 amide bonds. The highest BCUT2D eigenvalue weighted by Gasteiger charge is 2.20. The van der Waals surface area contributed by atoms with E-state index in [1.807, 2.05) is 36.1 Å². The number of nitrogens with zero attached hydrogens (tertiary/aromatic N) is 5. The van der Waals surface area contributed by atoms with Gasteiger partial charge in [0.1, 0.15) is 5.65 Å². The Morgan fingerprint density at radius 3 is 2.40 bits per heavy atom. The molecule has 0 bridgehead atoms. The molecule has 3 aromatic heterocycles. The Balaban J connectivity index is 1.48. The van der Waals surface area contributed by atoms with Crippen LogP contribution < -0.4 is 10.2 Å². The van der Waals surface area contributed by atoms with Crippen molar-refractivity contribution in [2.75, 3.05) is 43.4 Å². The van der Waals surface area contributed by atoms with Crippen molar-refractivity contribution < 1.29 is 4.79 Å². The minimum absolute atomic E-state index is 0.236. The van der Waals surface area contributed by atoms with Gasteiger partial charge in [-0.05, 0) is 74.9 Å². The van der Waals surface area contributed by atoms with Crippen molar-refractivity contribution in [2.24, 2.45) is 0 Å². The molecule has 0 radical (unpaired) electrons. The Morgan fingerprint density at radius 1 is 0.976 bits per heavy atom. The highest BCUT2D eigenvalue weighted by molar-refractivity contribution is 6.05. The van der Waals surface area contributed by atoms with Crippen LogP contribution >= 0.6 is 0 Å². The number of hydrogen-bond acceptors (Lipinski definition) is 5. The summed E-state index contributed by atoms with van der Waals surface area (Å²) in [6, 6.07) is 17.4. The van der Waals surface area contributed by atoms with Gasteiger partial charge in [-0.1, -0.05) is 30.8 Å². The van der Waals surface area contributed by atoms with Crippen molar-refractivity contribution in [3.8, 4) is 33.5 Å². The molecule has 2 aromatic carbocycles. The standard InChI is InChI=1S/C34H37N7O/c1-6-31(42)37-30-18-25(8-7-23(30)4)32-29-17-26(27-20-36-41(21-27)22(2)3)19-35-34(29)38-33(32)24-9-11-28(12-10-24)40-15-13-39(5)14-16-40/h6-12,17-22H,1,13-16H2,2-5H3,(H,35,38)(H,37,42). The molecular weight excluding hydrogens is 522 g/mol. The number of benzene rings is 2. The number of carbonyl (C=O) groups is 1. The van der Waals surface area contributed by atoms with E-state index < -0.39 is 0 Å². The van der Waals surface area contributed by atoms with Crippen LogP contribution in [0.15, 0.2) is 79.8 Å². The summed E-state index contributed by atoms with van der Waals surface area (Å²) in [5, 5.41) is 8.51. The summed E-state index contributed by atoms with van der Waals surface area (Å²) in [6.45, 7) is 14.0. The molecule has 0 atom stereocenters. The molecule has 5 aromatic rings. The second kappa shape index (κ2) is 11.3. The Hall–Kier alpha value is -4.69. The smallest absolute Gasteiger partial charge is 0.247 e. The minimum atomic E-state index is -0.236. The highest BCUT2D eigenvalue weighted by Crippen LogP contribution is 2.41. The van der Waals surface area contributed by atoms with E-state index in [4.69, 9.17) is 4.98 Å². The normalized spacial score (nSPS) is 14.1. The molecular formula is C34H37N7O. The lowest BCUT2D eigenvalue weighted by Gasteiger charge is -2.34. The molecule has 0 aliphatic carbocycles. The van der Waals surface area contributed by atoms with E-state index in [9.17, 15) is 4.79 Å². The van der Waals surface area contributed by atoms with Crippen LogP contribution in [0.2, 0.25) is 0 Å². The van der Waals surface area contributed by atoms with E-state index in [1.54, 1.807) is 0 Å². The van der Waals surface area contributed by atoms with Gasteiger partial charge in [0.15, 0.2) is 0 Å².